The molecule has 1 aliphatic rings. The van der Waals surface area contributed by atoms with E-state index in [0.29, 0.717) is 18.4 Å². The van der Waals surface area contributed by atoms with Gasteiger partial charge in [-0.15, -0.1) is 11.8 Å². The first-order valence-corrected chi connectivity index (χ1v) is 9.25. The molecule has 0 spiro atoms. The van der Waals surface area contributed by atoms with Gasteiger partial charge in [-0.3, -0.25) is 14.4 Å². The number of rotatable bonds is 6. The standard InChI is InChI=1S/C20H19NO4S/c1-13(26-16-5-3-2-4-6-16)20(24)25-12-18(22)15-7-9-17-14(11-15)8-10-19(23)21-17/h2-7,9,11,13H,8,10,12H2,1H3,(H,21,23)/t13-/m0/s1. The van der Waals surface area contributed by atoms with Gasteiger partial charge in [0.2, 0.25) is 5.91 Å². The van der Waals surface area contributed by atoms with E-state index in [4.69, 9.17) is 4.74 Å². The molecular weight excluding hydrogens is 350 g/mol. The van der Waals surface area contributed by atoms with Gasteiger partial charge in [-0.25, -0.2) is 0 Å². The van der Waals surface area contributed by atoms with E-state index in [1.807, 2.05) is 30.3 Å². The lowest BCUT2D eigenvalue weighted by molar-refractivity contribution is -0.141. The number of nitrogens with one attached hydrogen (secondary N) is 1. The number of ketones is 1. The highest BCUT2D eigenvalue weighted by molar-refractivity contribution is 8.00. The van der Waals surface area contributed by atoms with E-state index in [9.17, 15) is 14.4 Å². The summed E-state index contributed by atoms with van der Waals surface area (Å²) < 4.78 is 5.17. The summed E-state index contributed by atoms with van der Waals surface area (Å²) in [4.78, 5) is 36.8. The zero-order valence-electron chi connectivity index (χ0n) is 14.4. The molecule has 2 aromatic carbocycles. The predicted molar refractivity (Wildman–Crippen MR) is 100 cm³/mol. The minimum atomic E-state index is -0.419. The number of carbonyl (C=O) groups is 3. The molecule has 1 N–H and O–H groups in total. The van der Waals surface area contributed by atoms with Crippen LogP contribution in [0.4, 0.5) is 5.69 Å². The first-order chi connectivity index (χ1) is 12.5. The van der Waals surface area contributed by atoms with Crippen molar-refractivity contribution in [2.75, 3.05) is 11.9 Å². The van der Waals surface area contributed by atoms with Gasteiger partial charge in [0, 0.05) is 22.6 Å². The van der Waals surface area contributed by atoms with E-state index < -0.39 is 11.2 Å². The van der Waals surface area contributed by atoms with Gasteiger partial charge >= 0.3 is 5.97 Å². The number of benzene rings is 2. The second-order valence-corrected chi connectivity index (χ2v) is 7.44. The number of anilines is 1. The lowest BCUT2D eigenvalue weighted by atomic mass is 9.99. The van der Waals surface area contributed by atoms with Gasteiger partial charge in [0.1, 0.15) is 5.25 Å². The molecule has 0 saturated carbocycles. The Morgan fingerprint density at radius 1 is 1.15 bits per heavy atom. The van der Waals surface area contributed by atoms with Crippen molar-refractivity contribution in [3.05, 3.63) is 59.7 Å². The molecule has 1 amide bonds. The van der Waals surface area contributed by atoms with Crippen LogP contribution in [0.15, 0.2) is 53.4 Å². The third kappa shape index (κ3) is 4.52. The van der Waals surface area contributed by atoms with Gasteiger partial charge in [-0.1, -0.05) is 18.2 Å². The Morgan fingerprint density at radius 3 is 2.69 bits per heavy atom. The normalized spacial score (nSPS) is 14.1. The Kier molecular flexibility index (Phi) is 5.73. The Hall–Kier alpha value is -2.60. The monoisotopic (exact) mass is 369 g/mol. The van der Waals surface area contributed by atoms with Crippen LogP contribution in [0.25, 0.3) is 0 Å². The number of hydrogen-bond acceptors (Lipinski definition) is 5. The number of thioether (sulfide) groups is 1. The fourth-order valence-corrected chi connectivity index (χ4v) is 3.53. The van der Waals surface area contributed by atoms with Crippen molar-refractivity contribution >= 4 is 35.1 Å². The molecule has 2 aromatic rings. The van der Waals surface area contributed by atoms with Crippen LogP contribution in [0.5, 0.6) is 0 Å². The molecule has 1 atom stereocenters. The van der Waals surface area contributed by atoms with Gasteiger partial charge < -0.3 is 10.1 Å². The lowest BCUT2D eigenvalue weighted by Crippen LogP contribution is -2.22. The molecule has 1 aliphatic heterocycles. The second kappa shape index (κ2) is 8.19. The van der Waals surface area contributed by atoms with Crippen molar-refractivity contribution in [1.82, 2.24) is 0 Å². The Bertz CT molecular complexity index is 835. The number of Topliss-reactive ketones (excluding diaryl/α,β-unsaturated/α-hetero) is 1. The van der Waals surface area contributed by atoms with Crippen molar-refractivity contribution in [2.24, 2.45) is 0 Å². The van der Waals surface area contributed by atoms with Crippen molar-refractivity contribution in [1.29, 1.82) is 0 Å². The van der Waals surface area contributed by atoms with E-state index >= 15 is 0 Å². The molecule has 134 valence electrons. The fraction of sp³-hybridized carbons (Fsp3) is 0.250. The summed E-state index contributed by atoms with van der Waals surface area (Å²) in [5.74, 6) is -0.692. The summed E-state index contributed by atoms with van der Waals surface area (Å²) in [6, 6.07) is 14.7. The molecular formula is C20H19NO4S. The second-order valence-electron chi connectivity index (χ2n) is 6.02. The number of esters is 1. The number of ether oxygens (including phenoxy) is 1. The maximum Gasteiger partial charge on any atom is 0.319 e. The van der Waals surface area contributed by atoms with Gasteiger partial charge in [-0.2, -0.15) is 0 Å². The summed E-state index contributed by atoms with van der Waals surface area (Å²) in [7, 11) is 0. The SMILES string of the molecule is C[C@H](Sc1ccccc1)C(=O)OCC(=O)c1ccc2c(c1)CCC(=O)N2. The van der Waals surface area contributed by atoms with Gasteiger partial charge in [0.25, 0.3) is 0 Å². The first kappa shape index (κ1) is 18.2. The Labute approximate surface area is 156 Å². The van der Waals surface area contributed by atoms with E-state index in [-0.39, 0.29) is 18.3 Å². The number of carbonyl (C=O) groups excluding carboxylic acids is 3. The highest BCUT2D eigenvalue weighted by Crippen LogP contribution is 2.25. The average molecular weight is 369 g/mol. The van der Waals surface area contributed by atoms with Crippen molar-refractivity contribution in [3.8, 4) is 0 Å². The molecule has 0 aliphatic carbocycles. The molecule has 26 heavy (non-hydrogen) atoms. The molecule has 6 heteroatoms. The van der Waals surface area contributed by atoms with E-state index in [1.165, 1.54) is 11.8 Å². The molecule has 0 unspecified atom stereocenters. The quantitative estimate of drug-likeness (QED) is 0.479. The third-order valence-corrected chi connectivity index (χ3v) is 5.15. The summed E-state index contributed by atoms with van der Waals surface area (Å²) in [5, 5.41) is 2.38. The maximum absolute atomic E-state index is 12.3. The highest BCUT2D eigenvalue weighted by Gasteiger charge is 2.20. The van der Waals surface area contributed by atoms with Crippen LogP contribution in [0.2, 0.25) is 0 Å². The molecule has 0 radical (unpaired) electrons. The Morgan fingerprint density at radius 2 is 1.92 bits per heavy atom. The van der Waals surface area contributed by atoms with Crippen LogP contribution in [0, 0.1) is 0 Å². The molecule has 0 fully saturated rings. The van der Waals surface area contributed by atoms with Crippen molar-refractivity contribution in [2.45, 2.75) is 29.9 Å². The average Bonchev–Trinajstić information content (AvgIpc) is 2.66. The van der Waals surface area contributed by atoms with Crippen LogP contribution in [0.3, 0.4) is 0 Å². The summed E-state index contributed by atoms with van der Waals surface area (Å²) in [5.41, 5.74) is 2.15. The number of hydrogen-bond donors (Lipinski definition) is 1. The molecule has 0 aromatic heterocycles. The molecule has 0 bridgehead atoms. The van der Waals surface area contributed by atoms with E-state index in [2.05, 4.69) is 5.32 Å². The zero-order valence-corrected chi connectivity index (χ0v) is 15.2. The highest BCUT2D eigenvalue weighted by atomic mass is 32.2. The van der Waals surface area contributed by atoms with Crippen LogP contribution >= 0.6 is 11.8 Å². The lowest BCUT2D eigenvalue weighted by Gasteiger charge is -2.17. The van der Waals surface area contributed by atoms with Gasteiger partial charge in [0.05, 0.1) is 0 Å². The predicted octanol–water partition coefficient (Wildman–Crippen LogP) is 3.48. The van der Waals surface area contributed by atoms with Crippen molar-refractivity contribution in [3.63, 3.8) is 0 Å². The number of aryl methyl sites for hydroxylation is 1. The Balaban J connectivity index is 1.55. The van der Waals surface area contributed by atoms with E-state index in [1.54, 1.807) is 25.1 Å². The van der Waals surface area contributed by atoms with E-state index in [0.717, 1.165) is 16.1 Å². The molecule has 1 heterocycles. The number of fused-ring (bicyclic) bond motifs is 1. The molecule has 3 rings (SSSR count). The smallest absolute Gasteiger partial charge is 0.319 e. The summed E-state index contributed by atoms with van der Waals surface area (Å²) in [6.07, 6.45) is 1.01. The van der Waals surface area contributed by atoms with Crippen LogP contribution in [-0.2, 0) is 20.7 Å². The minimum absolute atomic E-state index is 0.0181. The molecule has 0 saturated heterocycles. The molecule has 5 nitrogen and oxygen atoms in total. The zero-order chi connectivity index (χ0) is 18.5. The van der Waals surface area contributed by atoms with Crippen molar-refractivity contribution < 1.29 is 19.1 Å². The van der Waals surface area contributed by atoms with Crippen LogP contribution in [-0.4, -0.2) is 29.5 Å². The van der Waals surface area contributed by atoms with Gasteiger partial charge in [0.15, 0.2) is 12.4 Å². The fourth-order valence-electron chi connectivity index (χ4n) is 2.65. The maximum atomic E-state index is 12.3. The number of amides is 1. The minimum Gasteiger partial charge on any atom is -0.456 e. The first-order valence-electron chi connectivity index (χ1n) is 8.37. The summed E-state index contributed by atoms with van der Waals surface area (Å²) >= 11 is 1.39. The van der Waals surface area contributed by atoms with Crippen LogP contribution in [0.1, 0.15) is 29.3 Å². The largest absolute Gasteiger partial charge is 0.456 e. The van der Waals surface area contributed by atoms with Crippen LogP contribution < -0.4 is 5.32 Å². The summed E-state index contributed by atoms with van der Waals surface area (Å²) in [6.45, 7) is 1.47. The topological polar surface area (TPSA) is 72.5 Å². The van der Waals surface area contributed by atoms with Gasteiger partial charge in [-0.05, 0) is 49.2 Å². The third-order valence-electron chi connectivity index (χ3n) is 4.06.